The lowest BCUT2D eigenvalue weighted by Gasteiger charge is -2.27. The fraction of sp³-hybridized carbons (Fsp3) is 0. The first-order chi connectivity index (χ1) is 27.7. The molecule has 0 saturated carbocycles. The zero-order valence-corrected chi connectivity index (χ0v) is 30.4. The summed E-state index contributed by atoms with van der Waals surface area (Å²) in [5.74, 6) is 0.631. The number of hydrogen-bond donors (Lipinski definition) is 0. The molecule has 0 aliphatic rings. The van der Waals surface area contributed by atoms with E-state index >= 15 is 0 Å². The Morgan fingerprint density at radius 3 is 1.86 bits per heavy atom. The molecular weight excluding hydrogens is 681 g/mol. The lowest BCUT2D eigenvalue weighted by Crippen LogP contribution is -2.10. The second kappa shape index (κ2) is 13.1. The summed E-state index contributed by atoms with van der Waals surface area (Å²) in [5, 5.41) is 9.32. The van der Waals surface area contributed by atoms with Crippen molar-refractivity contribution in [1.82, 2.24) is 4.98 Å². The van der Waals surface area contributed by atoms with Crippen LogP contribution in [0.2, 0.25) is 0 Å². The highest BCUT2D eigenvalue weighted by molar-refractivity contribution is 6.13. The third kappa shape index (κ3) is 5.40. The molecule has 0 amide bonds. The van der Waals surface area contributed by atoms with Crippen LogP contribution in [0.4, 0.5) is 17.1 Å². The number of benzene rings is 10. The Morgan fingerprint density at radius 2 is 0.982 bits per heavy atom. The van der Waals surface area contributed by atoms with Crippen molar-refractivity contribution in [3.05, 3.63) is 206 Å². The first-order valence-corrected chi connectivity index (χ1v) is 19.0. The van der Waals surface area contributed by atoms with Crippen LogP contribution in [0, 0.1) is 0 Å². The van der Waals surface area contributed by atoms with E-state index < -0.39 is 0 Å². The van der Waals surface area contributed by atoms with E-state index in [4.69, 9.17) is 9.40 Å². The van der Waals surface area contributed by atoms with Crippen LogP contribution in [0.5, 0.6) is 0 Å². The molecule has 262 valence electrons. The topological polar surface area (TPSA) is 29.3 Å². The molecule has 0 fully saturated rings. The van der Waals surface area contributed by atoms with Crippen molar-refractivity contribution in [3.63, 3.8) is 0 Å². The SMILES string of the molecule is c1ccc(-c2ccc(N(c3ccc4c(-c5cccc6c5ccc5nc(-c7ccc8ccccc8c7)oc56)cccc4c3)c3cccc4ccccc34)cc2)cc1. The highest BCUT2D eigenvalue weighted by Gasteiger charge is 2.18. The molecule has 0 unspecified atom stereocenters. The number of oxazole rings is 1. The van der Waals surface area contributed by atoms with Crippen LogP contribution in [0.15, 0.2) is 211 Å². The number of nitrogens with zero attached hydrogens (tertiary/aromatic N) is 2. The molecule has 0 aliphatic carbocycles. The molecule has 1 aromatic heterocycles. The number of fused-ring (bicyclic) bond motifs is 6. The van der Waals surface area contributed by atoms with Crippen molar-refractivity contribution < 1.29 is 4.42 Å². The molecule has 56 heavy (non-hydrogen) atoms. The quantitative estimate of drug-likeness (QED) is 0.172. The standard InChI is InChI=1S/C53H34N2O/c1-2-11-35(12-3-1)37-25-27-42(28-26-37)55(51-22-9-16-38-14-6-7-18-45(38)51)43-29-30-44-40(34-43)17-8-19-46(44)47-20-10-21-49-48(47)31-32-50-52(49)56-53(54-50)41-24-23-36-13-4-5-15-39(36)33-41/h1-34H. The van der Waals surface area contributed by atoms with Gasteiger partial charge in [-0.2, -0.15) is 0 Å². The maximum absolute atomic E-state index is 6.57. The zero-order valence-electron chi connectivity index (χ0n) is 30.4. The smallest absolute Gasteiger partial charge is 0.227 e. The molecule has 0 aliphatic heterocycles. The number of anilines is 3. The first kappa shape index (κ1) is 32.0. The van der Waals surface area contributed by atoms with E-state index in [0.717, 1.165) is 50.1 Å². The predicted molar refractivity (Wildman–Crippen MR) is 235 cm³/mol. The Kier molecular flexibility index (Phi) is 7.49. The van der Waals surface area contributed by atoms with E-state index in [0.29, 0.717) is 5.89 Å². The van der Waals surface area contributed by atoms with Gasteiger partial charge in [0.25, 0.3) is 0 Å². The van der Waals surface area contributed by atoms with Crippen LogP contribution in [-0.2, 0) is 0 Å². The fourth-order valence-electron chi connectivity index (χ4n) is 8.33. The number of aromatic nitrogens is 1. The molecule has 3 nitrogen and oxygen atoms in total. The van der Waals surface area contributed by atoms with E-state index in [9.17, 15) is 0 Å². The van der Waals surface area contributed by atoms with Crippen molar-refractivity contribution in [2.45, 2.75) is 0 Å². The summed E-state index contributed by atoms with van der Waals surface area (Å²) in [6.45, 7) is 0. The summed E-state index contributed by atoms with van der Waals surface area (Å²) in [6.07, 6.45) is 0. The van der Waals surface area contributed by atoms with Gasteiger partial charge < -0.3 is 9.32 Å². The molecule has 0 bridgehead atoms. The van der Waals surface area contributed by atoms with Gasteiger partial charge in [-0.3, -0.25) is 0 Å². The minimum Gasteiger partial charge on any atom is -0.435 e. The number of hydrogen-bond acceptors (Lipinski definition) is 3. The molecule has 0 saturated heterocycles. The summed E-state index contributed by atoms with van der Waals surface area (Å²) in [7, 11) is 0. The van der Waals surface area contributed by atoms with Gasteiger partial charge in [-0.25, -0.2) is 4.98 Å². The van der Waals surface area contributed by atoms with Gasteiger partial charge >= 0.3 is 0 Å². The van der Waals surface area contributed by atoms with Gasteiger partial charge in [0.15, 0.2) is 5.58 Å². The fourth-order valence-corrected chi connectivity index (χ4v) is 8.33. The molecule has 0 radical (unpaired) electrons. The van der Waals surface area contributed by atoms with Gasteiger partial charge in [-0.15, -0.1) is 0 Å². The maximum Gasteiger partial charge on any atom is 0.227 e. The van der Waals surface area contributed by atoms with Crippen molar-refractivity contribution >= 4 is 71.3 Å². The van der Waals surface area contributed by atoms with Gasteiger partial charge in [0, 0.05) is 27.7 Å². The van der Waals surface area contributed by atoms with E-state index in [1.165, 1.54) is 49.0 Å². The van der Waals surface area contributed by atoms with Crippen molar-refractivity contribution in [2.24, 2.45) is 0 Å². The Labute approximate surface area is 324 Å². The summed E-state index contributed by atoms with van der Waals surface area (Å²) in [4.78, 5) is 7.32. The maximum atomic E-state index is 6.57. The van der Waals surface area contributed by atoms with E-state index in [1.54, 1.807) is 0 Å². The zero-order chi connectivity index (χ0) is 37.0. The largest absolute Gasteiger partial charge is 0.435 e. The van der Waals surface area contributed by atoms with Gasteiger partial charge in [0.1, 0.15) is 5.52 Å². The molecule has 0 N–H and O–H groups in total. The number of rotatable bonds is 6. The van der Waals surface area contributed by atoms with Gasteiger partial charge in [0.2, 0.25) is 5.89 Å². The minimum absolute atomic E-state index is 0.631. The molecule has 0 atom stereocenters. The predicted octanol–water partition coefficient (Wildman–Crippen LogP) is 14.9. The summed E-state index contributed by atoms with van der Waals surface area (Å²) < 4.78 is 6.57. The van der Waals surface area contributed by atoms with Crippen LogP contribution in [0.3, 0.4) is 0 Å². The van der Waals surface area contributed by atoms with Crippen molar-refractivity contribution in [2.75, 3.05) is 4.90 Å². The van der Waals surface area contributed by atoms with Crippen LogP contribution in [0.1, 0.15) is 0 Å². The molecule has 0 spiro atoms. The van der Waals surface area contributed by atoms with E-state index in [1.807, 2.05) is 0 Å². The Bertz CT molecular complexity index is 3250. The molecule has 11 rings (SSSR count). The van der Waals surface area contributed by atoms with Gasteiger partial charge in [-0.05, 0) is 103 Å². The van der Waals surface area contributed by atoms with Crippen LogP contribution in [-0.4, -0.2) is 4.98 Å². The Balaban J connectivity index is 1.03. The van der Waals surface area contributed by atoms with Gasteiger partial charge in [0.05, 0.1) is 5.69 Å². The third-order valence-electron chi connectivity index (χ3n) is 11.1. The second-order valence-electron chi connectivity index (χ2n) is 14.4. The molecule has 1 heterocycles. The first-order valence-electron chi connectivity index (χ1n) is 19.0. The monoisotopic (exact) mass is 714 g/mol. The highest BCUT2D eigenvalue weighted by atomic mass is 16.3. The molecular formula is C53H34N2O. The summed E-state index contributed by atoms with van der Waals surface area (Å²) in [5.41, 5.74) is 10.7. The third-order valence-corrected chi connectivity index (χ3v) is 11.1. The van der Waals surface area contributed by atoms with Crippen LogP contribution < -0.4 is 4.90 Å². The average molecular weight is 715 g/mol. The van der Waals surface area contributed by atoms with Crippen LogP contribution >= 0.6 is 0 Å². The van der Waals surface area contributed by atoms with E-state index in [-0.39, 0.29) is 0 Å². The lowest BCUT2D eigenvalue weighted by molar-refractivity contribution is 0.623. The summed E-state index contributed by atoms with van der Waals surface area (Å²) in [6, 6.07) is 73.6. The Morgan fingerprint density at radius 1 is 0.357 bits per heavy atom. The minimum atomic E-state index is 0.631. The second-order valence-corrected chi connectivity index (χ2v) is 14.4. The van der Waals surface area contributed by atoms with E-state index in [2.05, 4.69) is 211 Å². The molecule has 3 heteroatoms. The lowest BCUT2D eigenvalue weighted by atomic mass is 9.93. The highest BCUT2D eigenvalue weighted by Crippen LogP contribution is 2.43. The van der Waals surface area contributed by atoms with Gasteiger partial charge in [-0.1, -0.05) is 158 Å². The molecule has 10 aromatic carbocycles. The normalized spacial score (nSPS) is 11.6. The molecule has 11 aromatic rings. The van der Waals surface area contributed by atoms with Crippen molar-refractivity contribution in [1.29, 1.82) is 0 Å². The van der Waals surface area contributed by atoms with Crippen molar-refractivity contribution in [3.8, 4) is 33.7 Å². The van der Waals surface area contributed by atoms with Crippen LogP contribution in [0.25, 0.3) is 87.9 Å². The summed E-state index contributed by atoms with van der Waals surface area (Å²) >= 11 is 0. The average Bonchev–Trinajstić information content (AvgIpc) is 3.72. The Hall–Kier alpha value is -7.49.